The number of aliphatic hydroxyl groups is 2. The number of nitrogens with one attached hydrogen (secondary N) is 2. The predicted octanol–water partition coefficient (Wildman–Crippen LogP) is -2.83. The van der Waals surface area contributed by atoms with E-state index in [1.165, 1.54) is 16.8 Å². The number of rotatable bonds is 12. The summed E-state index contributed by atoms with van der Waals surface area (Å²) in [5.74, 6) is -1.12. The number of carbonyl (C=O) groups is 1. The van der Waals surface area contributed by atoms with Crippen molar-refractivity contribution in [3.8, 4) is 0 Å². The van der Waals surface area contributed by atoms with Gasteiger partial charge in [0, 0.05) is 25.4 Å². The molecule has 7 N–H and O–H groups in total. The second kappa shape index (κ2) is 11.2. The maximum absolute atomic E-state index is 11.6. The number of aromatic nitrogens is 2. The van der Waals surface area contributed by atoms with Gasteiger partial charge in [0.15, 0.2) is 6.29 Å². The van der Waals surface area contributed by atoms with Crippen LogP contribution in [-0.2, 0) is 20.8 Å². The summed E-state index contributed by atoms with van der Waals surface area (Å²) in [6.45, 7) is 0.601. The van der Waals surface area contributed by atoms with E-state index in [0.29, 0.717) is 25.9 Å². The minimum absolute atomic E-state index is 0.00385. The molecular formula is C17H28N4O8. The van der Waals surface area contributed by atoms with E-state index < -0.39 is 47.9 Å². The number of ether oxygens (including phenoxy) is 2. The van der Waals surface area contributed by atoms with Crippen molar-refractivity contribution in [2.24, 2.45) is 5.73 Å². The minimum atomic E-state index is -1.30. The second-order valence-corrected chi connectivity index (χ2v) is 6.80. The van der Waals surface area contributed by atoms with Crippen molar-refractivity contribution in [1.82, 2.24) is 14.9 Å². The molecule has 5 atom stereocenters. The van der Waals surface area contributed by atoms with Crippen molar-refractivity contribution < 1.29 is 29.6 Å². The molecule has 0 bridgehead atoms. The first kappa shape index (κ1) is 23.2. The van der Waals surface area contributed by atoms with Gasteiger partial charge >= 0.3 is 11.7 Å². The van der Waals surface area contributed by atoms with E-state index in [1.54, 1.807) is 0 Å². The molecule has 1 saturated heterocycles. The molecule has 0 saturated carbocycles. The molecule has 29 heavy (non-hydrogen) atoms. The largest absolute Gasteiger partial charge is 0.480 e. The van der Waals surface area contributed by atoms with Crippen LogP contribution in [0.15, 0.2) is 21.9 Å². The molecule has 1 aromatic heterocycles. The fourth-order valence-electron chi connectivity index (χ4n) is 2.94. The van der Waals surface area contributed by atoms with E-state index in [9.17, 15) is 29.7 Å². The molecule has 0 radical (unpaired) electrons. The number of nitrogens with zero attached hydrogens (tertiary/aromatic N) is 1. The van der Waals surface area contributed by atoms with Crippen LogP contribution in [0.5, 0.6) is 0 Å². The molecule has 0 amide bonds. The molecular weight excluding hydrogens is 388 g/mol. The van der Waals surface area contributed by atoms with Gasteiger partial charge in [-0.1, -0.05) is 6.42 Å². The number of aliphatic hydroxyl groups excluding tert-OH is 2. The molecule has 2 heterocycles. The van der Waals surface area contributed by atoms with Gasteiger partial charge in [0.2, 0.25) is 0 Å². The highest BCUT2D eigenvalue weighted by atomic mass is 16.7. The lowest BCUT2D eigenvalue weighted by atomic mass is 10.1. The lowest BCUT2D eigenvalue weighted by Crippen LogP contribution is -2.43. The summed E-state index contributed by atoms with van der Waals surface area (Å²) in [7, 11) is 0. The Hall–Kier alpha value is -2.09. The molecule has 12 heteroatoms. The molecule has 2 rings (SSSR count). The van der Waals surface area contributed by atoms with Crippen LogP contribution >= 0.6 is 0 Å². The first-order chi connectivity index (χ1) is 13.8. The number of hydrogen-bond donors (Lipinski definition) is 6. The van der Waals surface area contributed by atoms with Crippen molar-refractivity contribution in [3.63, 3.8) is 0 Å². The third-order valence-electron chi connectivity index (χ3n) is 4.64. The van der Waals surface area contributed by atoms with E-state index in [0.717, 1.165) is 6.42 Å². The van der Waals surface area contributed by atoms with Crippen molar-refractivity contribution in [1.29, 1.82) is 0 Å². The number of unbranched alkanes of at least 4 members (excludes halogenated alkanes) is 2. The van der Waals surface area contributed by atoms with Crippen LogP contribution in [0.2, 0.25) is 0 Å². The highest BCUT2D eigenvalue weighted by Gasteiger charge is 2.43. The fraction of sp³-hybridized carbons (Fsp3) is 0.706. The molecule has 0 unspecified atom stereocenters. The zero-order valence-electron chi connectivity index (χ0n) is 15.9. The van der Waals surface area contributed by atoms with E-state index in [2.05, 4.69) is 10.3 Å². The number of aliphatic carboxylic acids is 1. The van der Waals surface area contributed by atoms with Crippen molar-refractivity contribution in [2.75, 3.05) is 19.7 Å². The van der Waals surface area contributed by atoms with Crippen LogP contribution in [0, 0.1) is 0 Å². The normalized spacial score (nSPS) is 25.2. The number of H-pyrrole nitrogens is 1. The third-order valence-corrected chi connectivity index (χ3v) is 4.64. The zero-order chi connectivity index (χ0) is 21.4. The molecule has 1 aliphatic rings. The Labute approximate surface area is 166 Å². The van der Waals surface area contributed by atoms with Gasteiger partial charge in [-0.05, 0) is 19.4 Å². The van der Waals surface area contributed by atoms with E-state index in [4.69, 9.17) is 15.2 Å². The summed E-state index contributed by atoms with van der Waals surface area (Å²) in [5.41, 5.74) is 4.51. The zero-order valence-corrected chi connectivity index (χ0v) is 15.9. The average Bonchev–Trinajstić information content (AvgIpc) is 2.95. The van der Waals surface area contributed by atoms with Gasteiger partial charge in [-0.3, -0.25) is 14.6 Å². The van der Waals surface area contributed by atoms with Crippen LogP contribution in [0.4, 0.5) is 0 Å². The lowest BCUT2D eigenvalue weighted by molar-refractivity contribution is -0.173. The summed E-state index contributed by atoms with van der Waals surface area (Å²) in [5, 5.41) is 31.7. The molecule has 1 fully saturated rings. The maximum Gasteiger partial charge on any atom is 0.328 e. The Morgan fingerprint density at radius 1 is 1.31 bits per heavy atom. The lowest BCUT2D eigenvalue weighted by Gasteiger charge is -2.19. The first-order valence-electron chi connectivity index (χ1n) is 9.42. The monoisotopic (exact) mass is 416 g/mol. The molecule has 1 aliphatic heterocycles. The first-order valence-corrected chi connectivity index (χ1v) is 9.42. The van der Waals surface area contributed by atoms with E-state index >= 15 is 0 Å². The quantitative estimate of drug-likeness (QED) is 0.194. The van der Waals surface area contributed by atoms with Crippen molar-refractivity contribution >= 4 is 5.97 Å². The maximum atomic E-state index is 11.6. The van der Waals surface area contributed by atoms with Crippen LogP contribution in [-0.4, -0.2) is 81.2 Å². The highest BCUT2D eigenvalue weighted by molar-refractivity contribution is 5.73. The molecule has 164 valence electrons. The number of aryl methyl sites for hydroxylation is 1. The Kier molecular flexibility index (Phi) is 8.95. The number of carboxylic acids is 1. The third kappa shape index (κ3) is 6.73. The molecule has 0 aromatic carbocycles. The fourth-order valence-corrected chi connectivity index (χ4v) is 2.94. The van der Waals surface area contributed by atoms with Gasteiger partial charge < -0.3 is 40.4 Å². The summed E-state index contributed by atoms with van der Waals surface area (Å²) in [6, 6.07) is 0.266. The van der Waals surface area contributed by atoms with Gasteiger partial charge in [0.05, 0.1) is 6.61 Å². The Morgan fingerprint density at radius 2 is 2.07 bits per heavy atom. The van der Waals surface area contributed by atoms with Crippen LogP contribution in [0.1, 0.15) is 19.3 Å². The number of nitrogens with two attached hydrogens (primary N) is 1. The van der Waals surface area contributed by atoms with Gasteiger partial charge in [0.1, 0.15) is 24.4 Å². The standard InChI is InChI=1S/C17H28N4O8/c18-8-11-13(23)14(24)16(29-11)28-9-10(15(25)26)19-5-2-1-3-6-21-7-4-12(22)20-17(21)27/h4,7,10-11,13-14,16,19,23-24H,1-3,5-6,8-9,18H2,(H,25,26)(H,20,22,27)/t10-,11+,13+,14+,16+/m0/s1. The summed E-state index contributed by atoms with van der Waals surface area (Å²) in [4.78, 5) is 36.1. The van der Waals surface area contributed by atoms with Crippen molar-refractivity contribution in [2.45, 2.75) is 56.5 Å². The van der Waals surface area contributed by atoms with Gasteiger partial charge in [-0.2, -0.15) is 0 Å². The second-order valence-electron chi connectivity index (χ2n) is 6.80. The van der Waals surface area contributed by atoms with Crippen LogP contribution in [0.25, 0.3) is 0 Å². The average molecular weight is 416 g/mol. The van der Waals surface area contributed by atoms with Gasteiger partial charge in [-0.15, -0.1) is 0 Å². The molecule has 12 nitrogen and oxygen atoms in total. The van der Waals surface area contributed by atoms with E-state index in [1.807, 2.05) is 0 Å². The minimum Gasteiger partial charge on any atom is -0.480 e. The summed E-state index contributed by atoms with van der Waals surface area (Å²) >= 11 is 0. The van der Waals surface area contributed by atoms with Gasteiger partial charge in [-0.25, -0.2) is 4.79 Å². The topological polar surface area (TPSA) is 189 Å². The SMILES string of the molecule is NC[C@H]1O[C@@H](OC[C@H](NCCCCCn2ccc(=O)[nH]c2=O)C(=O)O)[C@H](O)[C@@H]1O. The highest BCUT2D eigenvalue weighted by Crippen LogP contribution is 2.21. The Morgan fingerprint density at radius 3 is 2.69 bits per heavy atom. The predicted molar refractivity (Wildman–Crippen MR) is 100 cm³/mol. The van der Waals surface area contributed by atoms with Crippen molar-refractivity contribution in [3.05, 3.63) is 33.1 Å². The van der Waals surface area contributed by atoms with Crippen LogP contribution in [0.3, 0.4) is 0 Å². The molecule has 0 spiro atoms. The van der Waals surface area contributed by atoms with E-state index in [-0.39, 0.29) is 13.2 Å². The number of carboxylic acid groups (broad SMARTS) is 1. The van der Waals surface area contributed by atoms with Gasteiger partial charge in [0.25, 0.3) is 5.56 Å². The Bertz CT molecular complexity index is 766. The number of aromatic amines is 1. The Balaban J connectivity index is 1.67. The molecule has 0 aliphatic carbocycles. The summed E-state index contributed by atoms with van der Waals surface area (Å²) < 4.78 is 12.0. The molecule has 1 aromatic rings. The smallest absolute Gasteiger partial charge is 0.328 e. The number of hydrogen-bond acceptors (Lipinski definition) is 9. The van der Waals surface area contributed by atoms with Crippen LogP contribution < -0.4 is 22.3 Å². The summed E-state index contributed by atoms with van der Waals surface area (Å²) in [6.07, 6.45) is -0.867.